The van der Waals surface area contributed by atoms with Crippen LogP contribution in [0.3, 0.4) is 0 Å². The second kappa shape index (κ2) is 4.55. The smallest absolute Gasteiger partial charge is 0.0867 e. The van der Waals surface area contributed by atoms with E-state index < -0.39 is 0 Å². The van der Waals surface area contributed by atoms with Gasteiger partial charge < -0.3 is 11.1 Å². The highest BCUT2D eigenvalue weighted by Crippen LogP contribution is 2.07. The van der Waals surface area contributed by atoms with E-state index in [-0.39, 0.29) is 6.04 Å². The molecule has 0 bridgehead atoms. The highest BCUT2D eigenvalue weighted by atomic mass is 15.4. The average molecular weight is 207 g/mol. The quantitative estimate of drug-likeness (QED) is 0.668. The van der Waals surface area contributed by atoms with Crippen molar-refractivity contribution in [2.75, 3.05) is 13.1 Å². The SMILES string of the molecule is CCn1cc(CC2=CC(N)CNC2)nn1. The van der Waals surface area contributed by atoms with Crippen LogP contribution in [-0.4, -0.2) is 34.1 Å². The number of nitrogens with zero attached hydrogens (tertiary/aromatic N) is 3. The van der Waals surface area contributed by atoms with Crippen LogP contribution in [0.1, 0.15) is 12.6 Å². The summed E-state index contributed by atoms with van der Waals surface area (Å²) in [6, 6.07) is 0.134. The molecule has 5 heteroatoms. The summed E-state index contributed by atoms with van der Waals surface area (Å²) >= 11 is 0. The lowest BCUT2D eigenvalue weighted by Crippen LogP contribution is -2.38. The standard InChI is InChI=1S/C10H17N5/c1-2-15-7-10(13-14-15)4-8-3-9(11)6-12-5-8/h3,7,9,12H,2,4-6,11H2,1H3. The molecule has 1 aliphatic heterocycles. The number of hydrogen-bond acceptors (Lipinski definition) is 4. The molecule has 2 rings (SSSR count). The minimum Gasteiger partial charge on any atom is -0.323 e. The van der Waals surface area contributed by atoms with Crippen molar-refractivity contribution >= 4 is 0 Å². The highest BCUT2D eigenvalue weighted by Gasteiger charge is 2.10. The lowest BCUT2D eigenvalue weighted by atomic mass is 10.0. The van der Waals surface area contributed by atoms with Crippen molar-refractivity contribution < 1.29 is 0 Å². The van der Waals surface area contributed by atoms with Crippen LogP contribution in [-0.2, 0) is 13.0 Å². The fraction of sp³-hybridized carbons (Fsp3) is 0.600. The molecular weight excluding hydrogens is 190 g/mol. The minimum atomic E-state index is 0.134. The van der Waals surface area contributed by atoms with Gasteiger partial charge in [-0.15, -0.1) is 5.10 Å². The van der Waals surface area contributed by atoms with Crippen molar-refractivity contribution in [1.29, 1.82) is 0 Å². The van der Waals surface area contributed by atoms with Crippen LogP contribution in [0.25, 0.3) is 0 Å². The Hall–Kier alpha value is -1.20. The van der Waals surface area contributed by atoms with Crippen molar-refractivity contribution in [3.63, 3.8) is 0 Å². The molecule has 1 aromatic rings. The first-order chi connectivity index (χ1) is 7.28. The zero-order valence-electron chi connectivity index (χ0n) is 8.98. The molecule has 0 amide bonds. The molecule has 1 aliphatic rings. The number of aromatic nitrogens is 3. The molecule has 82 valence electrons. The van der Waals surface area contributed by atoms with E-state index in [9.17, 15) is 0 Å². The predicted octanol–water partition coefficient (Wildman–Crippen LogP) is -0.303. The average Bonchev–Trinajstić information content (AvgIpc) is 2.65. The maximum atomic E-state index is 5.83. The summed E-state index contributed by atoms with van der Waals surface area (Å²) in [5.41, 5.74) is 8.15. The summed E-state index contributed by atoms with van der Waals surface area (Å²) in [6.45, 7) is 4.69. The molecular formula is C10H17N5. The summed E-state index contributed by atoms with van der Waals surface area (Å²) in [4.78, 5) is 0. The normalized spacial score (nSPS) is 21.5. The summed E-state index contributed by atoms with van der Waals surface area (Å²) in [7, 11) is 0. The van der Waals surface area contributed by atoms with Crippen LogP contribution in [0, 0.1) is 0 Å². The van der Waals surface area contributed by atoms with Crippen molar-refractivity contribution in [3.8, 4) is 0 Å². The number of hydrogen-bond donors (Lipinski definition) is 2. The van der Waals surface area contributed by atoms with Gasteiger partial charge in [0.2, 0.25) is 0 Å². The molecule has 0 fully saturated rings. The van der Waals surface area contributed by atoms with Crippen LogP contribution >= 0.6 is 0 Å². The fourth-order valence-electron chi connectivity index (χ4n) is 1.75. The third-order valence-electron chi connectivity index (χ3n) is 2.50. The molecule has 1 unspecified atom stereocenters. The van der Waals surface area contributed by atoms with Gasteiger partial charge in [-0.05, 0) is 6.92 Å². The number of nitrogens with two attached hydrogens (primary N) is 1. The van der Waals surface area contributed by atoms with Gasteiger partial charge in [-0.2, -0.15) is 0 Å². The first kappa shape index (κ1) is 10.3. The van der Waals surface area contributed by atoms with Crippen molar-refractivity contribution in [2.24, 2.45) is 5.73 Å². The van der Waals surface area contributed by atoms with Gasteiger partial charge in [0.15, 0.2) is 0 Å². The topological polar surface area (TPSA) is 68.8 Å². The summed E-state index contributed by atoms with van der Waals surface area (Å²) in [5, 5.41) is 11.4. The molecule has 0 saturated heterocycles. The first-order valence-electron chi connectivity index (χ1n) is 5.33. The van der Waals surface area contributed by atoms with Crippen molar-refractivity contribution in [3.05, 3.63) is 23.5 Å². The molecule has 15 heavy (non-hydrogen) atoms. The van der Waals surface area contributed by atoms with E-state index in [0.717, 1.165) is 31.7 Å². The predicted molar refractivity (Wildman–Crippen MR) is 58.3 cm³/mol. The Morgan fingerprint density at radius 1 is 1.67 bits per heavy atom. The second-order valence-electron chi connectivity index (χ2n) is 3.86. The molecule has 0 aromatic carbocycles. The molecule has 0 aliphatic carbocycles. The molecule has 3 N–H and O–H groups in total. The van der Waals surface area contributed by atoms with Gasteiger partial charge >= 0.3 is 0 Å². The molecule has 1 atom stereocenters. The molecule has 0 radical (unpaired) electrons. The van der Waals surface area contributed by atoms with Gasteiger partial charge in [0, 0.05) is 38.3 Å². The maximum Gasteiger partial charge on any atom is 0.0867 e. The fourth-order valence-corrected chi connectivity index (χ4v) is 1.75. The van der Waals surface area contributed by atoms with Crippen molar-refractivity contribution in [1.82, 2.24) is 20.3 Å². The first-order valence-corrected chi connectivity index (χ1v) is 5.33. The van der Waals surface area contributed by atoms with Crippen molar-refractivity contribution in [2.45, 2.75) is 25.9 Å². The Morgan fingerprint density at radius 3 is 3.20 bits per heavy atom. The Bertz CT molecular complexity index is 354. The van der Waals surface area contributed by atoms with E-state index in [4.69, 9.17) is 5.73 Å². The van der Waals surface area contributed by atoms with Crippen LogP contribution in [0.5, 0.6) is 0 Å². The van der Waals surface area contributed by atoms with Crippen LogP contribution in [0.4, 0.5) is 0 Å². The van der Waals surface area contributed by atoms with Crippen LogP contribution < -0.4 is 11.1 Å². The Balaban J connectivity index is 2.01. The van der Waals surface area contributed by atoms with Gasteiger partial charge in [-0.3, -0.25) is 4.68 Å². The van der Waals surface area contributed by atoms with Crippen LogP contribution in [0.2, 0.25) is 0 Å². The summed E-state index contributed by atoms with van der Waals surface area (Å²) < 4.78 is 1.84. The molecule has 5 nitrogen and oxygen atoms in total. The Morgan fingerprint density at radius 2 is 2.53 bits per heavy atom. The van der Waals surface area contributed by atoms with Gasteiger partial charge in [0.05, 0.1) is 5.69 Å². The van der Waals surface area contributed by atoms with Gasteiger partial charge in [0.25, 0.3) is 0 Å². The Kier molecular flexibility index (Phi) is 3.13. The van der Waals surface area contributed by atoms with Gasteiger partial charge in [0.1, 0.15) is 0 Å². The van der Waals surface area contributed by atoms with Crippen LogP contribution in [0.15, 0.2) is 17.8 Å². The number of aryl methyl sites for hydroxylation is 1. The maximum absolute atomic E-state index is 5.83. The molecule has 0 saturated carbocycles. The lowest BCUT2D eigenvalue weighted by Gasteiger charge is -2.18. The van der Waals surface area contributed by atoms with E-state index in [1.54, 1.807) is 0 Å². The van der Waals surface area contributed by atoms with E-state index in [2.05, 4.69) is 28.6 Å². The number of rotatable bonds is 3. The Labute approximate surface area is 89.3 Å². The summed E-state index contributed by atoms with van der Waals surface area (Å²) in [5.74, 6) is 0. The zero-order valence-corrected chi connectivity index (χ0v) is 8.98. The summed E-state index contributed by atoms with van der Waals surface area (Å²) in [6.07, 6.45) is 4.96. The third-order valence-corrected chi connectivity index (χ3v) is 2.50. The van der Waals surface area contributed by atoms with E-state index in [1.165, 1.54) is 5.57 Å². The monoisotopic (exact) mass is 207 g/mol. The van der Waals surface area contributed by atoms with Gasteiger partial charge in [-0.25, -0.2) is 0 Å². The van der Waals surface area contributed by atoms with E-state index >= 15 is 0 Å². The molecule has 0 spiro atoms. The van der Waals surface area contributed by atoms with Gasteiger partial charge in [-0.1, -0.05) is 16.9 Å². The zero-order chi connectivity index (χ0) is 10.7. The second-order valence-corrected chi connectivity index (χ2v) is 3.86. The molecule has 2 heterocycles. The minimum absolute atomic E-state index is 0.134. The molecule has 1 aromatic heterocycles. The lowest BCUT2D eigenvalue weighted by molar-refractivity contribution is 0.623. The van der Waals surface area contributed by atoms with E-state index in [1.807, 2.05) is 10.9 Å². The largest absolute Gasteiger partial charge is 0.323 e. The number of nitrogens with one attached hydrogen (secondary N) is 1. The van der Waals surface area contributed by atoms with E-state index in [0.29, 0.717) is 0 Å². The third kappa shape index (κ3) is 2.64. The highest BCUT2D eigenvalue weighted by molar-refractivity contribution is 5.18.